The zero-order valence-electron chi connectivity index (χ0n) is 10.8. The van der Waals surface area contributed by atoms with Gasteiger partial charge < -0.3 is 10.0 Å². The van der Waals surface area contributed by atoms with Crippen molar-refractivity contribution in [2.45, 2.75) is 26.7 Å². The number of aromatic nitrogens is 1. The zero-order valence-corrected chi connectivity index (χ0v) is 10.8. The number of carbonyl (C=O) groups is 1. The van der Waals surface area contributed by atoms with Crippen LogP contribution in [0.4, 0.5) is 5.82 Å². The average Bonchev–Trinajstić information content (AvgIpc) is 2.39. The van der Waals surface area contributed by atoms with Gasteiger partial charge in [-0.1, -0.05) is 18.6 Å². The summed E-state index contributed by atoms with van der Waals surface area (Å²) in [4.78, 5) is 17.7. The number of hydrogen-bond acceptors (Lipinski definition) is 3. The van der Waals surface area contributed by atoms with Gasteiger partial charge in [-0.15, -0.1) is 0 Å². The maximum atomic E-state index is 11.1. The Bertz CT molecular complexity index is 495. The number of rotatable bonds is 3. The van der Waals surface area contributed by atoms with Crippen molar-refractivity contribution in [1.29, 1.82) is 0 Å². The predicted octanol–water partition coefficient (Wildman–Crippen LogP) is 2.50. The van der Waals surface area contributed by atoms with E-state index in [1.807, 2.05) is 6.92 Å². The third kappa shape index (κ3) is 2.70. The molecule has 2 rings (SSSR count). The fourth-order valence-electron chi connectivity index (χ4n) is 2.02. The number of pyridine rings is 1. The highest BCUT2D eigenvalue weighted by molar-refractivity contribution is 5.88. The summed E-state index contributed by atoms with van der Waals surface area (Å²) >= 11 is 0. The first-order valence-corrected chi connectivity index (χ1v) is 6.25. The van der Waals surface area contributed by atoms with Crippen molar-refractivity contribution in [1.82, 2.24) is 4.98 Å². The van der Waals surface area contributed by atoms with Crippen molar-refractivity contribution in [3.8, 4) is 0 Å². The Morgan fingerprint density at radius 1 is 1.50 bits per heavy atom. The van der Waals surface area contributed by atoms with Crippen LogP contribution in [0.15, 0.2) is 23.8 Å². The molecule has 1 aliphatic rings. The highest BCUT2D eigenvalue weighted by Crippen LogP contribution is 2.20. The Balaban J connectivity index is 2.32. The van der Waals surface area contributed by atoms with E-state index in [4.69, 9.17) is 5.11 Å². The van der Waals surface area contributed by atoms with Crippen LogP contribution in [0.2, 0.25) is 0 Å². The fraction of sp³-hybridized carbons (Fsp3) is 0.429. The summed E-state index contributed by atoms with van der Waals surface area (Å²) in [5.74, 6) is -0.118. The molecule has 0 fully saturated rings. The lowest BCUT2D eigenvalue weighted by atomic mass is 10.1. The molecule has 0 aromatic carbocycles. The Morgan fingerprint density at radius 2 is 2.28 bits per heavy atom. The molecule has 4 heteroatoms. The molecule has 0 radical (unpaired) electrons. The first-order valence-electron chi connectivity index (χ1n) is 6.25. The van der Waals surface area contributed by atoms with E-state index in [9.17, 15) is 4.79 Å². The minimum Gasteiger partial charge on any atom is -0.478 e. The van der Waals surface area contributed by atoms with Crippen LogP contribution < -0.4 is 4.90 Å². The normalized spacial score (nSPS) is 15.4. The highest BCUT2D eigenvalue weighted by atomic mass is 16.4. The molecule has 0 saturated carbocycles. The molecule has 0 amide bonds. The molecule has 18 heavy (non-hydrogen) atoms. The van der Waals surface area contributed by atoms with Gasteiger partial charge in [-0.3, -0.25) is 0 Å². The van der Waals surface area contributed by atoms with E-state index in [2.05, 4.69) is 22.9 Å². The Morgan fingerprint density at radius 3 is 2.83 bits per heavy atom. The number of carboxylic acid groups (broad SMARTS) is 1. The maximum Gasteiger partial charge on any atom is 0.335 e. The van der Waals surface area contributed by atoms with Crippen molar-refractivity contribution >= 4 is 11.8 Å². The van der Waals surface area contributed by atoms with Gasteiger partial charge in [0.15, 0.2) is 0 Å². The van der Waals surface area contributed by atoms with Gasteiger partial charge in [-0.25, -0.2) is 9.78 Å². The highest BCUT2D eigenvalue weighted by Gasteiger charge is 2.14. The van der Waals surface area contributed by atoms with Crippen LogP contribution in [-0.2, 0) is 6.42 Å². The van der Waals surface area contributed by atoms with E-state index >= 15 is 0 Å². The predicted molar refractivity (Wildman–Crippen MR) is 71.2 cm³/mol. The smallest absolute Gasteiger partial charge is 0.335 e. The fourth-order valence-corrected chi connectivity index (χ4v) is 2.02. The quantitative estimate of drug-likeness (QED) is 0.832. The average molecular weight is 246 g/mol. The molecular formula is C14H18N2O2. The van der Waals surface area contributed by atoms with Crippen LogP contribution in [0.5, 0.6) is 0 Å². The van der Waals surface area contributed by atoms with E-state index in [1.54, 1.807) is 12.1 Å². The van der Waals surface area contributed by atoms with E-state index in [0.717, 1.165) is 37.4 Å². The van der Waals surface area contributed by atoms with Crippen molar-refractivity contribution in [3.05, 3.63) is 35.0 Å². The summed E-state index contributed by atoms with van der Waals surface area (Å²) in [6.07, 6.45) is 3.93. The SMILES string of the molecule is CCc1cc(C(=O)O)cc(N2CC=C(C)CC2)n1. The first-order chi connectivity index (χ1) is 8.60. The number of nitrogens with zero attached hydrogens (tertiary/aromatic N) is 2. The maximum absolute atomic E-state index is 11.1. The van der Waals surface area contributed by atoms with E-state index in [0.29, 0.717) is 5.56 Å². The molecule has 0 bridgehead atoms. The Kier molecular flexibility index (Phi) is 3.65. The summed E-state index contributed by atoms with van der Waals surface area (Å²) < 4.78 is 0. The minimum absolute atomic E-state index is 0.322. The third-order valence-corrected chi connectivity index (χ3v) is 3.23. The molecule has 0 atom stereocenters. The number of anilines is 1. The van der Waals surface area contributed by atoms with Crippen molar-refractivity contribution < 1.29 is 9.90 Å². The van der Waals surface area contributed by atoms with Crippen molar-refractivity contribution in [3.63, 3.8) is 0 Å². The number of carboxylic acids is 1. The Hall–Kier alpha value is -1.84. The summed E-state index contributed by atoms with van der Waals surface area (Å²) in [6, 6.07) is 3.31. The molecule has 0 spiro atoms. The molecule has 1 N–H and O–H groups in total. The van der Waals surface area contributed by atoms with E-state index in [1.165, 1.54) is 5.57 Å². The van der Waals surface area contributed by atoms with Crippen molar-refractivity contribution in [2.24, 2.45) is 0 Å². The molecule has 2 heterocycles. The van der Waals surface area contributed by atoms with Crippen LogP contribution in [0.1, 0.15) is 36.3 Å². The molecule has 0 saturated heterocycles. The summed E-state index contributed by atoms with van der Waals surface area (Å²) in [5, 5.41) is 9.11. The van der Waals surface area contributed by atoms with Gasteiger partial charge in [-0.2, -0.15) is 0 Å². The van der Waals surface area contributed by atoms with Gasteiger partial charge in [-0.05, 0) is 31.9 Å². The number of aryl methyl sites for hydroxylation is 1. The lowest BCUT2D eigenvalue weighted by Gasteiger charge is -2.27. The molecule has 1 aromatic heterocycles. The van der Waals surface area contributed by atoms with Gasteiger partial charge in [0.1, 0.15) is 5.82 Å². The number of hydrogen-bond donors (Lipinski definition) is 1. The van der Waals surface area contributed by atoms with Crippen LogP contribution >= 0.6 is 0 Å². The Labute approximate surface area is 107 Å². The second-order valence-corrected chi connectivity index (χ2v) is 4.61. The summed E-state index contributed by atoms with van der Waals surface area (Å²) in [5.41, 5.74) is 2.54. The van der Waals surface area contributed by atoms with E-state index < -0.39 is 5.97 Å². The van der Waals surface area contributed by atoms with E-state index in [-0.39, 0.29) is 0 Å². The second-order valence-electron chi connectivity index (χ2n) is 4.61. The lowest BCUT2D eigenvalue weighted by molar-refractivity contribution is 0.0696. The molecule has 4 nitrogen and oxygen atoms in total. The van der Waals surface area contributed by atoms with Crippen molar-refractivity contribution in [2.75, 3.05) is 18.0 Å². The second kappa shape index (κ2) is 5.21. The topological polar surface area (TPSA) is 53.4 Å². The molecule has 1 aliphatic heterocycles. The number of aromatic carboxylic acids is 1. The van der Waals surface area contributed by atoms with Crippen LogP contribution in [0, 0.1) is 0 Å². The first kappa shape index (κ1) is 12.6. The molecular weight excluding hydrogens is 228 g/mol. The van der Waals surface area contributed by atoms with Gasteiger partial charge in [0.25, 0.3) is 0 Å². The van der Waals surface area contributed by atoms with Crippen LogP contribution in [0.25, 0.3) is 0 Å². The van der Waals surface area contributed by atoms with Gasteiger partial charge >= 0.3 is 5.97 Å². The molecule has 96 valence electrons. The lowest BCUT2D eigenvalue weighted by Crippen LogP contribution is -2.29. The third-order valence-electron chi connectivity index (χ3n) is 3.23. The van der Waals surface area contributed by atoms with Crippen LogP contribution in [0.3, 0.4) is 0 Å². The minimum atomic E-state index is -0.892. The molecule has 1 aromatic rings. The zero-order chi connectivity index (χ0) is 13.1. The van der Waals surface area contributed by atoms with Gasteiger partial charge in [0.05, 0.1) is 5.56 Å². The monoisotopic (exact) mass is 246 g/mol. The summed E-state index contributed by atoms with van der Waals surface area (Å²) in [6.45, 7) is 5.82. The largest absolute Gasteiger partial charge is 0.478 e. The summed E-state index contributed by atoms with van der Waals surface area (Å²) in [7, 11) is 0. The standard InChI is InChI=1S/C14H18N2O2/c1-3-12-8-11(14(17)18)9-13(15-12)16-6-4-10(2)5-7-16/h4,8-9H,3,5-7H2,1-2H3,(H,17,18). The van der Waals surface area contributed by atoms with Gasteiger partial charge in [0.2, 0.25) is 0 Å². The molecule has 0 aliphatic carbocycles. The van der Waals surface area contributed by atoms with Gasteiger partial charge in [0, 0.05) is 18.8 Å². The van der Waals surface area contributed by atoms with Crippen LogP contribution in [-0.4, -0.2) is 29.1 Å². The molecule has 0 unspecified atom stereocenters.